The summed E-state index contributed by atoms with van der Waals surface area (Å²) in [5, 5.41) is 7.42. The van der Waals surface area contributed by atoms with Crippen LogP contribution >= 0.6 is 0 Å². The molecule has 6 unspecified atom stereocenters. The highest BCUT2D eigenvalue weighted by molar-refractivity contribution is 5.72. The molecular formula is C32H38N6. The number of H-pyrrole nitrogens is 1. The van der Waals surface area contributed by atoms with Crippen LogP contribution in [0.4, 0.5) is 0 Å². The fourth-order valence-electron chi connectivity index (χ4n) is 7.64. The average Bonchev–Trinajstić information content (AvgIpc) is 3.79. The lowest BCUT2D eigenvalue weighted by atomic mass is 9.98. The highest BCUT2D eigenvalue weighted by atomic mass is 15.2. The molecule has 6 nitrogen and oxygen atoms in total. The van der Waals surface area contributed by atoms with Gasteiger partial charge in [0.05, 0.1) is 23.6 Å². The van der Waals surface area contributed by atoms with Crippen LogP contribution in [0.1, 0.15) is 56.0 Å². The molecule has 4 aliphatic rings. The number of aliphatic imine (C=N–C) groups is 1. The quantitative estimate of drug-likeness (QED) is 0.347. The van der Waals surface area contributed by atoms with Crippen molar-refractivity contribution >= 4 is 12.4 Å². The summed E-state index contributed by atoms with van der Waals surface area (Å²) >= 11 is 0. The summed E-state index contributed by atoms with van der Waals surface area (Å²) in [5.74, 6) is 2.64. The molecule has 2 aromatic carbocycles. The smallest absolute Gasteiger partial charge is 0.124 e. The van der Waals surface area contributed by atoms with Crippen molar-refractivity contribution in [2.24, 2.45) is 16.8 Å². The second kappa shape index (κ2) is 9.83. The number of nitrogens with zero attached hydrogens (tertiary/aromatic N) is 3. The van der Waals surface area contributed by atoms with Crippen LogP contribution in [0.3, 0.4) is 0 Å². The van der Waals surface area contributed by atoms with Crippen molar-refractivity contribution in [2.45, 2.75) is 62.7 Å². The molecule has 2 aliphatic carbocycles. The molecule has 3 heterocycles. The molecule has 4 fully saturated rings. The number of benzene rings is 2. The number of piperidine rings is 2. The molecule has 3 N–H and O–H groups in total. The monoisotopic (exact) mass is 506 g/mol. The van der Waals surface area contributed by atoms with Crippen LogP contribution in [0.5, 0.6) is 0 Å². The van der Waals surface area contributed by atoms with Crippen LogP contribution in [0.25, 0.3) is 28.1 Å². The van der Waals surface area contributed by atoms with E-state index in [0.717, 1.165) is 47.2 Å². The van der Waals surface area contributed by atoms with Gasteiger partial charge >= 0.3 is 0 Å². The van der Waals surface area contributed by atoms with Gasteiger partial charge in [-0.15, -0.1) is 0 Å². The SMILES string of the molecule is C=N/C=C(\NCC1C2CCC(C2)N1C)c1ccc(-c2ccc(-c3cnc(C4NC5CCC4C5)[nH]3)cc2)cc1. The highest BCUT2D eigenvalue weighted by Crippen LogP contribution is 2.43. The minimum atomic E-state index is 0.388. The Morgan fingerprint density at radius 1 is 1.00 bits per heavy atom. The maximum absolute atomic E-state index is 4.73. The maximum atomic E-state index is 4.73. The first-order valence-corrected chi connectivity index (χ1v) is 14.3. The van der Waals surface area contributed by atoms with Crippen molar-refractivity contribution in [3.05, 3.63) is 72.3 Å². The van der Waals surface area contributed by atoms with Crippen molar-refractivity contribution < 1.29 is 0 Å². The molecule has 2 saturated heterocycles. The molecule has 196 valence electrons. The van der Waals surface area contributed by atoms with Crippen molar-refractivity contribution in [3.63, 3.8) is 0 Å². The van der Waals surface area contributed by atoms with E-state index in [1.165, 1.54) is 55.2 Å². The van der Waals surface area contributed by atoms with Crippen molar-refractivity contribution in [1.29, 1.82) is 0 Å². The van der Waals surface area contributed by atoms with Gasteiger partial charge in [0.15, 0.2) is 0 Å². The Labute approximate surface area is 225 Å². The Balaban J connectivity index is 1.02. The van der Waals surface area contributed by atoms with E-state index in [0.29, 0.717) is 18.1 Å². The third-order valence-electron chi connectivity index (χ3n) is 9.79. The lowest BCUT2D eigenvalue weighted by Crippen LogP contribution is -2.43. The molecule has 4 bridgehead atoms. The van der Waals surface area contributed by atoms with E-state index >= 15 is 0 Å². The van der Waals surface area contributed by atoms with E-state index in [9.17, 15) is 0 Å². The fraction of sp³-hybridized carbons (Fsp3) is 0.438. The van der Waals surface area contributed by atoms with E-state index in [1.54, 1.807) is 0 Å². The summed E-state index contributed by atoms with van der Waals surface area (Å²) in [6.45, 7) is 4.66. The predicted molar refractivity (Wildman–Crippen MR) is 155 cm³/mol. The normalized spacial score (nSPS) is 30.3. The van der Waals surface area contributed by atoms with Crippen LogP contribution in [0.15, 0.2) is 65.9 Å². The summed E-state index contributed by atoms with van der Waals surface area (Å²) in [6, 6.07) is 20.0. The molecule has 6 heteroatoms. The number of likely N-dealkylation sites (N-methyl/N-ethyl adjacent to an activating group) is 1. The standard InChI is InChI=1S/C32H38N6/c1-33-17-28(34-19-30-24-12-14-27(16-24)38(30)2)22-7-3-20(4-8-22)21-5-9-23(10-6-21)29-18-35-32(37-29)31-25-11-13-26(15-25)36-31/h3-10,17-18,24-27,30-31,34,36H,1,11-16,19H2,2H3,(H,35,37)/b28-17-. The minimum absolute atomic E-state index is 0.388. The lowest BCUT2D eigenvalue weighted by molar-refractivity contribution is 0.176. The topological polar surface area (TPSA) is 68.3 Å². The van der Waals surface area contributed by atoms with Crippen molar-refractivity contribution in [1.82, 2.24) is 25.5 Å². The second-order valence-corrected chi connectivity index (χ2v) is 11.8. The molecule has 0 radical (unpaired) electrons. The number of hydrogen-bond donors (Lipinski definition) is 3. The van der Waals surface area contributed by atoms with Crippen LogP contribution in [0, 0.1) is 11.8 Å². The number of hydrogen-bond acceptors (Lipinski definition) is 5. The van der Waals surface area contributed by atoms with Crippen LogP contribution in [-0.2, 0) is 0 Å². The summed E-state index contributed by atoms with van der Waals surface area (Å²) < 4.78 is 0. The molecule has 2 saturated carbocycles. The summed E-state index contributed by atoms with van der Waals surface area (Å²) in [7, 11) is 2.28. The van der Waals surface area contributed by atoms with Gasteiger partial charge in [-0.1, -0.05) is 48.5 Å². The van der Waals surface area contributed by atoms with Crippen molar-refractivity contribution in [2.75, 3.05) is 13.6 Å². The van der Waals surface area contributed by atoms with Gasteiger partial charge in [0, 0.05) is 30.9 Å². The number of rotatable bonds is 8. The average molecular weight is 507 g/mol. The number of likely N-dealkylation sites (tertiary alicyclic amines) is 1. The first kappa shape index (κ1) is 23.9. The molecule has 38 heavy (non-hydrogen) atoms. The third kappa shape index (κ3) is 4.30. The molecule has 7 rings (SSSR count). The lowest BCUT2D eigenvalue weighted by Gasteiger charge is -2.32. The summed E-state index contributed by atoms with van der Waals surface area (Å²) in [4.78, 5) is 15.0. The molecule has 6 atom stereocenters. The maximum Gasteiger partial charge on any atom is 0.124 e. The highest BCUT2D eigenvalue weighted by Gasteiger charge is 2.43. The van der Waals surface area contributed by atoms with Crippen LogP contribution in [-0.4, -0.2) is 53.3 Å². The third-order valence-corrected chi connectivity index (χ3v) is 9.79. The van der Waals surface area contributed by atoms with E-state index < -0.39 is 0 Å². The number of aromatic amines is 1. The first-order valence-electron chi connectivity index (χ1n) is 14.3. The Kier molecular flexibility index (Phi) is 6.17. The molecule has 2 aliphatic heterocycles. The molecular weight excluding hydrogens is 468 g/mol. The summed E-state index contributed by atoms with van der Waals surface area (Å²) in [6.07, 6.45) is 11.8. The van der Waals surface area contributed by atoms with E-state index in [-0.39, 0.29) is 0 Å². The number of fused-ring (bicyclic) bond motifs is 4. The minimum Gasteiger partial charge on any atom is -0.382 e. The number of aromatic nitrogens is 2. The van der Waals surface area contributed by atoms with Gasteiger partial charge in [0.1, 0.15) is 5.82 Å². The predicted octanol–water partition coefficient (Wildman–Crippen LogP) is 5.63. The van der Waals surface area contributed by atoms with Gasteiger partial charge < -0.3 is 15.6 Å². The van der Waals surface area contributed by atoms with Gasteiger partial charge in [-0.3, -0.25) is 9.89 Å². The molecule has 0 amide bonds. The molecule has 3 aromatic rings. The van der Waals surface area contributed by atoms with E-state index in [2.05, 4.69) is 87.8 Å². The largest absolute Gasteiger partial charge is 0.382 e. The summed E-state index contributed by atoms with van der Waals surface area (Å²) in [5.41, 5.74) is 6.85. The van der Waals surface area contributed by atoms with Gasteiger partial charge in [-0.2, -0.15) is 0 Å². The van der Waals surface area contributed by atoms with Crippen molar-refractivity contribution in [3.8, 4) is 22.4 Å². The van der Waals surface area contributed by atoms with Gasteiger partial charge in [-0.05, 0) is 86.4 Å². The fourth-order valence-corrected chi connectivity index (χ4v) is 7.64. The zero-order valence-corrected chi connectivity index (χ0v) is 22.2. The molecule has 1 aromatic heterocycles. The van der Waals surface area contributed by atoms with E-state index in [4.69, 9.17) is 4.98 Å². The van der Waals surface area contributed by atoms with Crippen LogP contribution < -0.4 is 10.6 Å². The number of nitrogens with one attached hydrogen (secondary N) is 3. The number of imidazole rings is 1. The Hall–Kier alpha value is -3.22. The Morgan fingerprint density at radius 3 is 2.39 bits per heavy atom. The zero-order chi connectivity index (χ0) is 25.6. The van der Waals surface area contributed by atoms with Crippen LogP contribution in [0.2, 0.25) is 0 Å². The van der Waals surface area contributed by atoms with E-state index in [1.807, 2.05) is 12.4 Å². The van der Waals surface area contributed by atoms with Gasteiger partial charge in [-0.25, -0.2) is 4.98 Å². The second-order valence-electron chi connectivity index (χ2n) is 11.8. The first-order chi connectivity index (χ1) is 18.7. The Bertz CT molecular complexity index is 1320. The zero-order valence-electron chi connectivity index (χ0n) is 22.2. The van der Waals surface area contributed by atoms with Gasteiger partial charge in [0.2, 0.25) is 0 Å². The Morgan fingerprint density at radius 2 is 1.74 bits per heavy atom. The van der Waals surface area contributed by atoms with Gasteiger partial charge in [0.25, 0.3) is 0 Å². The molecule has 0 spiro atoms.